The second kappa shape index (κ2) is 5.86. The molecule has 0 amide bonds. The molecule has 2 atom stereocenters. The van der Waals surface area contributed by atoms with Gasteiger partial charge >= 0.3 is 0 Å². The normalized spacial score (nSPS) is 27.2. The van der Waals surface area contributed by atoms with E-state index in [4.69, 9.17) is 5.73 Å². The summed E-state index contributed by atoms with van der Waals surface area (Å²) in [5.41, 5.74) is 6.22. The Morgan fingerprint density at radius 1 is 1.27 bits per heavy atom. The smallest absolute Gasteiger partial charge is 0.000253 e. The second-order valence-electron chi connectivity index (χ2n) is 5.84. The quantitative estimate of drug-likeness (QED) is 0.709. The van der Waals surface area contributed by atoms with E-state index in [0.29, 0.717) is 5.41 Å². The van der Waals surface area contributed by atoms with Crippen molar-refractivity contribution >= 4 is 0 Å². The Kier molecular flexibility index (Phi) is 5.07. The molecule has 1 fully saturated rings. The van der Waals surface area contributed by atoms with E-state index in [1.54, 1.807) is 0 Å². The summed E-state index contributed by atoms with van der Waals surface area (Å²) < 4.78 is 0. The molecule has 0 spiro atoms. The Morgan fingerprint density at radius 2 is 1.93 bits per heavy atom. The van der Waals surface area contributed by atoms with Gasteiger partial charge in [0.2, 0.25) is 0 Å². The molecule has 0 aromatic carbocycles. The lowest BCUT2D eigenvalue weighted by atomic mass is 9.89. The van der Waals surface area contributed by atoms with E-state index in [2.05, 4.69) is 26.1 Å². The van der Waals surface area contributed by atoms with E-state index >= 15 is 0 Å². The maximum absolute atomic E-state index is 5.78. The van der Waals surface area contributed by atoms with Crippen molar-refractivity contribution in [3.63, 3.8) is 0 Å². The van der Waals surface area contributed by atoms with Crippen LogP contribution in [0.2, 0.25) is 0 Å². The number of nitrogens with one attached hydrogen (secondary N) is 1. The molecule has 0 radical (unpaired) electrons. The first-order valence-electron chi connectivity index (χ1n) is 6.50. The van der Waals surface area contributed by atoms with Gasteiger partial charge in [-0.3, -0.25) is 0 Å². The molecule has 0 saturated heterocycles. The first kappa shape index (κ1) is 13.0. The first-order chi connectivity index (χ1) is 7.09. The zero-order valence-electron chi connectivity index (χ0n) is 10.7. The molecule has 0 heterocycles. The number of hydrogen-bond acceptors (Lipinski definition) is 2. The third-order valence-corrected chi connectivity index (χ3v) is 4.09. The minimum absolute atomic E-state index is 0.441. The second-order valence-corrected chi connectivity index (χ2v) is 5.84. The summed E-state index contributed by atoms with van der Waals surface area (Å²) in [6.07, 6.45) is 5.35. The van der Waals surface area contributed by atoms with Gasteiger partial charge in [0, 0.05) is 6.54 Å². The van der Waals surface area contributed by atoms with Gasteiger partial charge in [-0.2, -0.15) is 0 Å². The minimum Gasteiger partial charge on any atom is -0.330 e. The molecule has 2 heteroatoms. The fourth-order valence-corrected chi connectivity index (χ4v) is 2.41. The van der Waals surface area contributed by atoms with E-state index in [-0.39, 0.29) is 0 Å². The number of hydrogen-bond donors (Lipinski definition) is 2. The highest BCUT2D eigenvalue weighted by molar-refractivity contribution is 4.80. The van der Waals surface area contributed by atoms with Gasteiger partial charge in [0.1, 0.15) is 0 Å². The van der Waals surface area contributed by atoms with Gasteiger partial charge in [-0.25, -0.2) is 0 Å². The molecule has 0 aromatic heterocycles. The maximum Gasteiger partial charge on any atom is 0.000253 e. The average Bonchev–Trinajstić information content (AvgIpc) is 2.65. The lowest BCUT2D eigenvalue weighted by molar-refractivity contribution is 0.299. The van der Waals surface area contributed by atoms with E-state index in [1.807, 2.05) is 0 Å². The van der Waals surface area contributed by atoms with Crippen LogP contribution in [-0.4, -0.2) is 19.6 Å². The summed E-state index contributed by atoms with van der Waals surface area (Å²) in [5.74, 6) is 1.62. The zero-order valence-corrected chi connectivity index (χ0v) is 10.7. The van der Waals surface area contributed by atoms with Crippen LogP contribution in [0.4, 0.5) is 0 Å². The minimum atomic E-state index is 0.441. The van der Waals surface area contributed by atoms with Crippen LogP contribution in [0.1, 0.15) is 46.5 Å². The largest absolute Gasteiger partial charge is 0.330 e. The molecule has 3 N–H and O–H groups in total. The molecule has 1 saturated carbocycles. The summed E-state index contributed by atoms with van der Waals surface area (Å²) in [5, 5.41) is 3.63. The predicted molar refractivity (Wildman–Crippen MR) is 66.8 cm³/mol. The Labute approximate surface area is 95.0 Å². The molecule has 0 bridgehead atoms. The Bertz CT molecular complexity index is 177. The topological polar surface area (TPSA) is 38.0 Å². The van der Waals surface area contributed by atoms with Crippen LogP contribution in [0.15, 0.2) is 0 Å². The van der Waals surface area contributed by atoms with Crippen molar-refractivity contribution < 1.29 is 0 Å². The van der Waals surface area contributed by atoms with E-state index in [1.165, 1.54) is 32.2 Å². The predicted octanol–water partition coefficient (Wildman–Crippen LogP) is 2.39. The lowest BCUT2D eigenvalue weighted by Gasteiger charge is -2.25. The molecule has 0 aliphatic heterocycles. The molecule has 0 aromatic rings. The highest BCUT2D eigenvalue weighted by Crippen LogP contribution is 2.30. The van der Waals surface area contributed by atoms with Crippen LogP contribution in [0, 0.1) is 17.3 Å². The van der Waals surface area contributed by atoms with Crippen LogP contribution in [0.3, 0.4) is 0 Å². The third-order valence-electron chi connectivity index (χ3n) is 4.09. The highest BCUT2D eigenvalue weighted by Gasteiger charge is 2.26. The molecule has 1 aliphatic rings. The summed E-state index contributed by atoms with van der Waals surface area (Å²) >= 11 is 0. The van der Waals surface area contributed by atoms with Gasteiger partial charge in [-0.1, -0.05) is 27.2 Å². The van der Waals surface area contributed by atoms with Crippen molar-refractivity contribution in [2.24, 2.45) is 23.0 Å². The van der Waals surface area contributed by atoms with Gasteiger partial charge in [0.15, 0.2) is 0 Å². The van der Waals surface area contributed by atoms with Crippen molar-refractivity contribution in [1.29, 1.82) is 0 Å². The lowest BCUT2D eigenvalue weighted by Crippen LogP contribution is -2.34. The average molecular weight is 212 g/mol. The Hall–Kier alpha value is -0.0800. The molecule has 90 valence electrons. The van der Waals surface area contributed by atoms with Crippen molar-refractivity contribution in [2.75, 3.05) is 19.6 Å². The van der Waals surface area contributed by atoms with Crippen molar-refractivity contribution in [3.8, 4) is 0 Å². The van der Waals surface area contributed by atoms with E-state index in [0.717, 1.165) is 24.9 Å². The Balaban J connectivity index is 2.19. The number of rotatable bonds is 6. The zero-order chi connectivity index (χ0) is 11.3. The van der Waals surface area contributed by atoms with Gasteiger partial charge in [-0.05, 0) is 49.6 Å². The molecule has 1 aliphatic carbocycles. The van der Waals surface area contributed by atoms with Gasteiger partial charge in [0.25, 0.3) is 0 Å². The van der Waals surface area contributed by atoms with Gasteiger partial charge in [-0.15, -0.1) is 0 Å². The van der Waals surface area contributed by atoms with Crippen LogP contribution < -0.4 is 11.1 Å². The monoisotopic (exact) mass is 212 g/mol. The summed E-state index contributed by atoms with van der Waals surface area (Å²) in [7, 11) is 0. The number of nitrogens with two attached hydrogens (primary N) is 1. The van der Waals surface area contributed by atoms with Crippen LogP contribution >= 0.6 is 0 Å². The first-order valence-corrected chi connectivity index (χ1v) is 6.50. The van der Waals surface area contributed by atoms with E-state index in [9.17, 15) is 0 Å². The molecule has 2 nitrogen and oxygen atoms in total. The fourth-order valence-electron chi connectivity index (χ4n) is 2.41. The molecule has 15 heavy (non-hydrogen) atoms. The third kappa shape index (κ3) is 4.12. The molecule has 1 rings (SSSR count). The SMILES string of the molecule is CCC(C)(C)CNCC1CCCC1CN. The van der Waals surface area contributed by atoms with Crippen molar-refractivity contribution in [3.05, 3.63) is 0 Å². The standard InChI is InChI=1S/C13H28N2/c1-4-13(2,3)10-15-9-12-7-5-6-11(12)8-14/h11-12,15H,4-10,14H2,1-3H3. The van der Waals surface area contributed by atoms with Crippen LogP contribution in [-0.2, 0) is 0 Å². The summed E-state index contributed by atoms with van der Waals surface area (Å²) in [6, 6.07) is 0. The van der Waals surface area contributed by atoms with Gasteiger partial charge < -0.3 is 11.1 Å². The summed E-state index contributed by atoms with van der Waals surface area (Å²) in [6.45, 7) is 10.1. The van der Waals surface area contributed by atoms with E-state index < -0.39 is 0 Å². The Morgan fingerprint density at radius 3 is 2.53 bits per heavy atom. The molecular formula is C13H28N2. The fraction of sp³-hybridized carbons (Fsp3) is 1.00. The van der Waals surface area contributed by atoms with Gasteiger partial charge in [0.05, 0.1) is 0 Å². The highest BCUT2D eigenvalue weighted by atomic mass is 14.9. The summed E-state index contributed by atoms with van der Waals surface area (Å²) in [4.78, 5) is 0. The van der Waals surface area contributed by atoms with Crippen molar-refractivity contribution in [1.82, 2.24) is 5.32 Å². The molecular weight excluding hydrogens is 184 g/mol. The van der Waals surface area contributed by atoms with Crippen LogP contribution in [0.25, 0.3) is 0 Å². The van der Waals surface area contributed by atoms with Crippen LogP contribution in [0.5, 0.6) is 0 Å². The maximum atomic E-state index is 5.78. The van der Waals surface area contributed by atoms with Crippen molar-refractivity contribution in [2.45, 2.75) is 46.5 Å². The molecule has 2 unspecified atom stereocenters.